The van der Waals surface area contributed by atoms with Crippen LogP contribution in [0.25, 0.3) is 32.1 Å². The first-order valence-corrected chi connectivity index (χ1v) is 19.4. The smallest absolute Gasteiger partial charge is 0.420 e. The molecule has 4 atom stereocenters. The first-order chi connectivity index (χ1) is 27.4. The predicted octanol–water partition coefficient (Wildman–Crippen LogP) is 7.81. The van der Waals surface area contributed by atoms with Crippen LogP contribution in [0, 0.1) is 28.9 Å². The molecule has 4 unspecified atom stereocenters. The molecule has 2 aromatic carbocycles. The van der Waals surface area contributed by atoms with E-state index in [-0.39, 0.29) is 62.8 Å². The molecule has 0 saturated carbocycles. The molecule has 0 bridgehead atoms. The summed E-state index contributed by atoms with van der Waals surface area (Å²) in [5.74, 6) is -2.70. The fourth-order valence-electron chi connectivity index (χ4n) is 8.64. The Morgan fingerprint density at radius 1 is 1.11 bits per heavy atom. The number of benzene rings is 2. The largest absolute Gasteiger partial charge is 0.490 e. The maximum Gasteiger partial charge on any atom is 0.420 e. The zero-order valence-electron chi connectivity index (χ0n) is 30.7. The normalized spacial score (nSPS) is 21.2. The third-order valence-electron chi connectivity index (χ3n) is 11.2. The number of pyridine rings is 1. The van der Waals surface area contributed by atoms with Crippen molar-refractivity contribution in [2.45, 2.75) is 56.5 Å². The van der Waals surface area contributed by atoms with Gasteiger partial charge in [0.2, 0.25) is 0 Å². The number of methoxy groups -OCH3 is 1. The number of thiophene rings is 1. The Morgan fingerprint density at radius 2 is 1.93 bits per heavy atom. The first kappa shape index (κ1) is 38.7. The van der Waals surface area contributed by atoms with Gasteiger partial charge in [0.25, 0.3) is 0 Å². The lowest BCUT2D eigenvalue weighted by Gasteiger charge is -2.34. The monoisotopic (exact) mass is 812 g/mol. The van der Waals surface area contributed by atoms with Crippen molar-refractivity contribution < 1.29 is 40.6 Å². The second-order valence-electron chi connectivity index (χ2n) is 14.5. The highest BCUT2D eigenvalue weighted by Crippen LogP contribution is 2.54. The van der Waals surface area contributed by atoms with Crippen molar-refractivity contribution in [1.82, 2.24) is 19.9 Å². The number of aromatic nitrogens is 3. The summed E-state index contributed by atoms with van der Waals surface area (Å²) in [4.78, 5) is 16.9. The number of hydrogen-bond acceptors (Lipinski definition) is 12. The van der Waals surface area contributed by atoms with Crippen LogP contribution < -0.4 is 25.8 Å². The van der Waals surface area contributed by atoms with Crippen LogP contribution in [0.5, 0.6) is 11.8 Å². The quantitative estimate of drug-likeness (QED) is 0.162. The van der Waals surface area contributed by atoms with E-state index in [1.165, 1.54) is 26.1 Å². The molecule has 11 nitrogen and oxygen atoms in total. The summed E-state index contributed by atoms with van der Waals surface area (Å²) in [6.07, 6.45) is 0.359. The summed E-state index contributed by atoms with van der Waals surface area (Å²) in [5, 5.41) is 9.13. The second-order valence-corrected chi connectivity index (χ2v) is 15.6. The topological polar surface area (TPSA) is 149 Å². The molecule has 3 saturated heterocycles. The van der Waals surface area contributed by atoms with E-state index in [0.29, 0.717) is 49.1 Å². The van der Waals surface area contributed by atoms with Gasteiger partial charge in [-0.3, -0.25) is 4.90 Å². The van der Waals surface area contributed by atoms with Crippen molar-refractivity contribution in [3.05, 3.63) is 58.8 Å². The highest BCUT2D eigenvalue weighted by atomic mass is 32.1. The first-order valence-electron chi connectivity index (χ1n) is 18.5. The van der Waals surface area contributed by atoms with Gasteiger partial charge in [0.15, 0.2) is 5.82 Å². The van der Waals surface area contributed by atoms with Crippen molar-refractivity contribution in [2.75, 3.05) is 62.9 Å². The lowest BCUT2D eigenvalue weighted by atomic mass is 9.91. The van der Waals surface area contributed by atoms with Crippen molar-refractivity contribution in [3.8, 4) is 29.0 Å². The Labute approximate surface area is 327 Å². The number of ether oxygens (including phenoxy) is 3. The zero-order chi connectivity index (χ0) is 40.2. The van der Waals surface area contributed by atoms with E-state index < -0.39 is 58.0 Å². The van der Waals surface area contributed by atoms with Gasteiger partial charge < -0.3 is 30.6 Å². The number of alkyl halides is 4. The van der Waals surface area contributed by atoms with Crippen LogP contribution in [-0.2, 0) is 10.9 Å². The van der Waals surface area contributed by atoms with E-state index in [9.17, 15) is 14.0 Å². The summed E-state index contributed by atoms with van der Waals surface area (Å²) < 4.78 is 107. The average Bonchev–Trinajstić information content (AvgIpc) is 3.97. The second kappa shape index (κ2) is 15.3. The van der Waals surface area contributed by atoms with Crippen molar-refractivity contribution >= 4 is 49.0 Å². The van der Waals surface area contributed by atoms with Crippen LogP contribution in [0.3, 0.4) is 0 Å². The van der Waals surface area contributed by atoms with Gasteiger partial charge in [-0.25, -0.2) is 18.2 Å². The number of fused-ring (bicyclic) bond motifs is 2. The van der Waals surface area contributed by atoms with E-state index in [1.54, 1.807) is 17.0 Å². The lowest BCUT2D eigenvalue weighted by Crippen LogP contribution is -2.34. The SMILES string of the molecule is COc1nc2c3c(c(C(F)(F)F)c(-c4ccc(F)c5sc(N)c(C#N)c45)c(F)c3n1)OCCN2C(CC1CCOC1)c1cccnc1N.FC1CC2CCCN2C1. The Kier molecular flexibility index (Phi) is 10.4. The van der Waals surface area contributed by atoms with Gasteiger partial charge in [0.05, 0.1) is 35.3 Å². The Hall–Kier alpha value is -5.12. The molecule has 0 spiro atoms. The van der Waals surface area contributed by atoms with Gasteiger partial charge in [0, 0.05) is 48.5 Å². The Morgan fingerprint density at radius 3 is 2.63 bits per heavy atom. The van der Waals surface area contributed by atoms with Crippen LogP contribution in [0.1, 0.15) is 54.8 Å². The highest BCUT2D eigenvalue weighted by molar-refractivity contribution is 7.23. The number of nitrogens with two attached hydrogens (primary N) is 2. The van der Waals surface area contributed by atoms with Crippen LogP contribution >= 0.6 is 11.3 Å². The van der Waals surface area contributed by atoms with Gasteiger partial charge in [-0.05, 0) is 62.3 Å². The minimum atomic E-state index is -5.20. The van der Waals surface area contributed by atoms with Crippen molar-refractivity contribution in [3.63, 3.8) is 0 Å². The summed E-state index contributed by atoms with van der Waals surface area (Å²) >= 11 is 0.679. The maximum absolute atomic E-state index is 17.1. The maximum atomic E-state index is 17.1. The molecular weight excluding hydrogens is 775 g/mol. The molecule has 57 heavy (non-hydrogen) atoms. The molecule has 5 aromatic rings. The van der Waals surface area contributed by atoms with Gasteiger partial charge in [-0.2, -0.15) is 28.4 Å². The number of rotatable bonds is 6. The molecular formula is C39H38F6N8O3S. The highest BCUT2D eigenvalue weighted by Gasteiger charge is 2.45. The van der Waals surface area contributed by atoms with Gasteiger partial charge >= 0.3 is 12.2 Å². The zero-order valence-corrected chi connectivity index (χ0v) is 31.5. The molecule has 300 valence electrons. The van der Waals surface area contributed by atoms with Crippen molar-refractivity contribution in [1.29, 1.82) is 5.26 Å². The van der Waals surface area contributed by atoms with Crippen molar-refractivity contribution in [2.24, 2.45) is 5.92 Å². The van der Waals surface area contributed by atoms with Gasteiger partial charge in [-0.15, -0.1) is 11.3 Å². The molecule has 0 aliphatic carbocycles. The molecule has 7 heterocycles. The number of nitrogens with zero attached hydrogens (tertiary/aromatic N) is 6. The summed E-state index contributed by atoms with van der Waals surface area (Å²) in [6.45, 7) is 2.63. The Bertz CT molecular complexity index is 2370. The number of anilines is 3. The molecule has 9 rings (SSSR count). The predicted molar refractivity (Wildman–Crippen MR) is 203 cm³/mol. The minimum absolute atomic E-state index is 0.0191. The number of hydrogen-bond donors (Lipinski definition) is 2. The van der Waals surface area contributed by atoms with E-state index in [2.05, 4.69) is 19.9 Å². The molecule has 4 aliphatic heterocycles. The molecule has 18 heteroatoms. The Balaban J connectivity index is 0.000000441. The molecule has 3 fully saturated rings. The van der Waals surface area contributed by atoms with Crippen LogP contribution in [0.4, 0.5) is 43.0 Å². The average molecular weight is 813 g/mol. The van der Waals surface area contributed by atoms with E-state index in [1.807, 2.05) is 6.07 Å². The lowest BCUT2D eigenvalue weighted by molar-refractivity contribution is -0.138. The molecule has 4 aliphatic rings. The standard InChI is InChI=1S/C32H26F5N7O3S.C7H12FN/c1-45-31-42-25-22-26(23(32(35,36)37)21(24(25)34)16-4-5-18(33)27-20(16)17(12-38)29(40)48-27)47-10-8-44(30(22)43-31)19(11-14-6-9-46-13-14)15-3-2-7-41-28(15)39;8-6-4-7-2-1-3-9(7)5-6/h2-5,7,14,19H,6,8-11,13,40H2,1H3,(H2,39,41);6-7H,1-5H2. The van der Waals surface area contributed by atoms with E-state index >= 15 is 17.6 Å². The fourth-order valence-corrected chi connectivity index (χ4v) is 9.59. The molecule has 0 radical (unpaired) electrons. The number of halogens is 6. The third kappa shape index (κ3) is 6.99. The molecule has 0 amide bonds. The van der Waals surface area contributed by atoms with E-state index in [0.717, 1.165) is 31.5 Å². The summed E-state index contributed by atoms with van der Waals surface area (Å²) in [5.41, 5.74) is 9.26. The summed E-state index contributed by atoms with van der Waals surface area (Å²) in [7, 11) is 1.25. The van der Waals surface area contributed by atoms with E-state index in [4.69, 9.17) is 25.7 Å². The van der Waals surface area contributed by atoms with Crippen LogP contribution in [0.2, 0.25) is 0 Å². The van der Waals surface area contributed by atoms with Crippen LogP contribution in [-0.4, -0.2) is 78.6 Å². The van der Waals surface area contributed by atoms with Crippen LogP contribution in [0.15, 0.2) is 30.5 Å². The molecule has 4 N–H and O–H groups in total. The van der Waals surface area contributed by atoms with Gasteiger partial charge in [-0.1, -0.05) is 12.1 Å². The minimum Gasteiger partial charge on any atom is -0.490 e. The van der Waals surface area contributed by atoms with Gasteiger partial charge in [0.1, 0.15) is 58.1 Å². The summed E-state index contributed by atoms with van der Waals surface area (Å²) in [6, 6.07) is 6.90. The number of nitrogen functional groups attached to an aromatic ring is 2. The fraction of sp³-hybridized carbons (Fsp3) is 0.436. The number of nitriles is 1. The molecule has 3 aromatic heterocycles. The third-order valence-corrected chi connectivity index (χ3v) is 12.2.